The summed E-state index contributed by atoms with van der Waals surface area (Å²) in [7, 11) is 0. The van der Waals surface area contributed by atoms with Crippen LogP contribution >= 0.6 is 23.2 Å². The van der Waals surface area contributed by atoms with E-state index in [2.05, 4.69) is 91.9 Å². The van der Waals surface area contributed by atoms with Crippen molar-refractivity contribution in [3.63, 3.8) is 0 Å². The molecule has 4 unspecified atom stereocenters. The van der Waals surface area contributed by atoms with Gasteiger partial charge in [0.25, 0.3) is 0 Å². The zero-order valence-corrected chi connectivity index (χ0v) is 21.5. The van der Waals surface area contributed by atoms with Crippen LogP contribution in [0.15, 0.2) is 78.9 Å². The van der Waals surface area contributed by atoms with Crippen LogP contribution in [0.5, 0.6) is 0 Å². The van der Waals surface area contributed by atoms with Gasteiger partial charge in [-0.1, -0.05) is 0 Å². The van der Waals surface area contributed by atoms with Crippen molar-refractivity contribution in [1.82, 2.24) is 0 Å². The van der Waals surface area contributed by atoms with Crippen molar-refractivity contribution in [3.05, 3.63) is 101 Å². The Labute approximate surface area is 210 Å². The van der Waals surface area contributed by atoms with E-state index >= 15 is 0 Å². The van der Waals surface area contributed by atoms with Crippen LogP contribution in [0.25, 0.3) is 17.2 Å². The second kappa shape index (κ2) is 8.66. The molecule has 0 N–H and O–H groups in total. The third-order valence-corrected chi connectivity index (χ3v) is 9.69. The average molecular weight is 524 g/mol. The van der Waals surface area contributed by atoms with Crippen LogP contribution in [0.1, 0.15) is 53.9 Å². The molecule has 2 aliphatic carbocycles. The van der Waals surface area contributed by atoms with Gasteiger partial charge in [-0.25, -0.2) is 0 Å². The summed E-state index contributed by atoms with van der Waals surface area (Å²) in [4.78, 5) is 0. The first-order chi connectivity index (χ1) is 15.0. The van der Waals surface area contributed by atoms with Crippen LogP contribution in [0.2, 0.25) is 0 Å². The van der Waals surface area contributed by atoms with Crippen molar-refractivity contribution < 1.29 is 24.7 Å². The molecule has 3 heteroatoms. The molecule has 0 fully saturated rings. The summed E-state index contributed by atoms with van der Waals surface area (Å²) in [6, 6.07) is 26.8. The number of allylic oxidation sites excluding steroid dienone is 1. The fourth-order valence-corrected chi connectivity index (χ4v) is 6.41. The van der Waals surface area contributed by atoms with Gasteiger partial charge in [-0.2, -0.15) is 0 Å². The summed E-state index contributed by atoms with van der Waals surface area (Å²) in [5.41, 5.74) is 8.41. The van der Waals surface area contributed by atoms with E-state index < -0.39 is 0 Å². The van der Waals surface area contributed by atoms with Crippen LogP contribution in [-0.4, -0.2) is 8.46 Å². The van der Waals surface area contributed by atoms with E-state index in [0.29, 0.717) is 11.8 Å². The Morgan fingerprint density at radius 3 is 2.00 bits per heavy atom. The fourth-order valence-electron chi connectivity index (χ4n) is 5.77. The Bertz CT molecular complexity index is 1090. The van der Waals surface area contributed by atoms with E-state index in [0.717, 1.165) is 12.8 Å². The fraction of sp³-hybridized carbons (Fsp3) is 0.286. The number of hydrogen-bond acceptors (Lipinski definition) is 0. The molecule has 0 heterocycles. The Hall–Kier alpha value is -1.14. The maximum atomic E-state index is 6.71. The zero-order valence-electron chi connectivity index (χ0n) is 17.6. The van der Waals surface area contributed by atoms with Gasteiger partial charge in [-0.05, 0) is 0 Å². The first kappa shape index (κ1) is 21.7. The molecule has 0 spiro atoms. The summed E-state index contributed by atoms with van der Waals surface area (Å²) in [5, 5.41) is 0.00621. The van der Waals surface area contributed by atoms with Crippen molar-refractivity contribution in [1.29, 1.82) is 0 Å². The van der Waals surface area contributed by atoms with Crippen molar-refractivity contribution >= 4 is 29.3 Å². The predicted molar refractivity (Wildman–Crippen MR) is 129 cm³/mol. The molecule has 0 bridgehead atoms. The molecule has 4 atom stereocenters. The molecule has 5 rings (SSSR count). The monoisotopic (exact) mass is 521 g/mol. The molecular formula is C28H25Cl2Zr. The van der Waals surface area contributed by atoms with Gasteiger partial charge in [0.15, 0.2) is 0 Å². The molecule has 2 aliphatic rings. The van der Waals surface area contributed by atoms with Crippen molar-refractivity contribution in [2.75, 3.05) is 0 Å². The second-order valence-corrected chi connectivity index (χ2v) is 12.5. The van der Waals surface area contributed by atoms with Crippen molar-refractivity contribution in [2.45, 2.75) is 40.1 Å². The standard InChI is InChI=1S/C28H25Cl2.Zr/c1-28(17-16-20(30)18-29,26-15-14-19-8-2-3-9-21(19)26)27-24-12-6-4-10-22(24)23-11-5-7-13-25(23)27;/h2-15,18,20,26-27H,16-17H2,1H3;. The van der Waals surface area contributed by atoms with Crippen LogP contribution in [-0.2, 0) is 24.7 Å². The van der Waals surface area contributed by atoms with Gasteiger partial charge in [-0.15, -0.1) is 0 Å². The molecule has 155 valence electrons. The quantitative estimate of drug-likeness (QED) is 0.286. The van der Waals surface area contributed by atoms with Crippen LogP contribution < -0.4 is 0 Å². The van der Waals surface area contributed by atoms with Crippen LogP contribution in [0.4, 0.5) is 0 Å². The Morgan fingerprint density at radius 1 is 0.839 bits per heavy atom. The van der Waals surface area contributed by atoms with Gasteiger partial charge in [0.1, 0.15) is 0 Å². The molecule has 0 aliphatic heterocycles. The molecule has 0 saturated carbocycles. The predicted octanol–water partition coefficient (Wildman–Crippen LogP) is 8.12. The molecule has 0 aromatic heterocycles. The van der Waals surface area contributed by atoms with E-state index in [4.69, 9.17) is 23.2 Å². The number of fused-ring (bicyclic) bond motifs is 4. The van der Waals surface area contributed by atoms with Crippen molar-refractivity contribution in [3.8, 4) is 11.1 Å². The van der Waals surface area contributed by atoms with E-state index in [1.165, 1.54) is 58.1 Å². The van der Waals surface area contributed by atoms with Crippen LogP contribution in [0, 0.1) is 5.41 Å². The topological polar surface area (TPSA) is 0 Å². The van der Waals surface area contributed by atoms with E-state index in [1.54, 1.807) is 0 Å². The van der Waals surface area contributed by atoms with Gasteiger partial charge in [-0.3, -0.25) is 0 Å². The second-order valence-electron chi connectivity index (χ2n) is 9.04. The average Bonchev–Trinajstić information content (AvgIpc) is 3.37. The number of benzene rings is 3. The van der Waals surface area contributed by atoms with Crippen LogP contribution in [0.3, 0.4) is 0 Å². The van der Waals surface area contributed by atoms with Gasteiger partial charge < -0.3 is 0 Å². The molecule has 31 heavy (non-hydrogen) atoms. The molecular weight excluding hydrogens is 498 g/mol. The summed E-state index contributed by atoms with van der Waals surface area (Å²) >= 11 is 14.4. The van der Waals surface area contributed by atoms with Gasteiger partial charge in [0, 0.05) is 0 Å². The Morgan fingerprint density at radius 2 is 1.39 bits per heavy atom. The van der Waals surface area contributed by atoms with Gasteiger partial charge in [0.05, 0.1) is 0 Å². The minimum atomic E-state index is -0.0131. The number of hydrogen-bond donors (Lipinski definition) is 0. The third kappa shape index (κ3) is 3.72. The Kier molecular flexibility index (Phi) is 6.06. The third-order valence-electron chi connectivity index (χ3n) is 7.28. The molecule has 0 amide bonds. The van der Waals surface area contributed by atoms with E-state index in [1.807, 2.05) is 0 Å². The first-order valence-electron chi connectivity index (χ1n) is 11.0. The van der Waals surface area contributed by atoms with E-state index in [9.17, 15) is 0 Å². The summed E-state index contributed by atoms with van der Waals surface area (Å²) in [5.74, 6) is 0.665. The number of rotatable bonds is 6. The minimum absolute atomic E-state index is 0.00621. The first-order valence-corrected chi connectivity index (χ1v) is 13.2. The van der Waals surface area contributed by atoms with E-state index in [-0.39, 0.29) is 13.9 Å². The Balaban J connectivity index is 1.66. The van der Waals surface area contributed by atoms with Gasteiger partial charge in [0.2, 0.25) is 0 Å². The molecule has 0 saturated heterocycles. The van der Waals surface area contributed by atoms with Gasteiger partial charge >= 0.3 is 212 Å². The maximum absolute atomic E-state index is 6.71. The summed E-state index contributed by atoms with van der Waals surface area (Å²) in [6.45, 7) is 2.48. The molecule has 0 nitrogen and oxygen atoms in total. The number of halogens is 2. The SMILES string of the molecule is CC(CCC(Cl)[CH](Cl)[Zr])(C1C=Cc2ccccc21)C1c2ccccc2-c2ccccc21. The zero-order chi connectivity index (χ0) is 21.6. The molecule has 0 radical (unpaired) electrons. The molecule has 3 aromatic carbocycles. The van der Waals surface area contributed by atoms with Crippen molar-refractivity contribution in [2.24, 2.45) is 5.41 Å². The summed E-state index contributed by atoms with van der Waals surface area (Å²) < 4.78 is 0.0488. The molecule has 3 aromatic rings. The normalized spacial score (nSPS) is 20.5. The summed E-state index contributed by atoms with van der Waals surface area (Å²) in [6.07, 6.45) is 6.67. The number of alkyl halides is 2.